The van der Waals surface area contributed by atoms with E-state index in [4.69, 9.17) is 0 Å². The molecule has 0 unspecified atom stereocenters. The van der Waals surface area contributed by atoms with Gasteiger partial charge >= 0.3 is 5.97 Å². The number of rotatable bonds is 11. The Bertz CT molecular complexity index is 1510. The highest BCUT2D eigenvalue weighted by Crippen LogP contribution is 2.35. The highest BCUT2D eigenvalue weighted by atomic mass is 32.1. The number of benzene rings is 3. The van der Waals surface area contributed by atoms with Crippen molar-refractivity contribution in [1.29, 1.82) is 5.26 Å². The normalized spacial score (nSPS) is 11.2. The van der Waals surface area contributed by atoms with Gasteiger partial charge in [-0.3, -0.25) is 0 Å². The third kappa shape index (κ3) is 7.40. The highest BCUT2D eigenvalue weighted by Gasteiger charge is 2.14. The molecule has 0 saturated heterocycles. The molecule has 0 saturated carbocycles. The van der Waals surface area contributed by atoms with Crippen LogP contribution in [0, 0.1) is 23.0 Å². The van der Waals surface area contributed by atoms with E-state index in [9.17, 15) is 23.9 Å². The van der Waals surface area contributed by atoms with Crippen LogP contribution in [0.5, 0.6) is 0 Å². The van der Waals surface area contributed by atoms with Gasteiger partial charge in [-0.05, 0) is 88.7 Å². The van der Waals surface area contributed by atoms with E-state index in [1.807, 2.05) is 30.3 Å². The first-order valence-electron chi connectivity index (χ1n) is 13.2. The van der Waals surface area contributed by atoms with Crippen LogP contribution >= 0.6 is 11.3 Å². The van der Waals surface area contributed by atoms with Crippen molar-refractivity contribution in [1.82, 2.24) is 0 Å². The number of thiophene rings is 1. The number of hydrogen-bond donors (Lipinski definition) is 1. The predicted molar refractivity (Wildman–Crippen MR) is 159 cm³/mol. The monoisotopic (exact) mass is 553 g/mol. The van der Waals surface area contributed by atoms with Gasteiger partial charge in [-0.15, -0.1) is 11.3 Å². The van der Waals surface area contributed by atoms with E-state index >= 15 is 0 Å². The molecule has 3 aromatic carbocycles. The van der Waals surface area contributed by atoms with Crippen LogP contribution in [0.15, 0.2) is 84.4 Å². The van der Waals surface area contributed by atoms with E-state index in [1.165, 1.54) is 41.7 Å². The summed E-state index contributed by atoms with van der Waals surface area (Å²) in [6, 6.07) is 24.3. The van der Waals surface area contributed by atoms with Gasteiger partial charge in [-0.25, -0.2) is 13.6 Å². The summed E-state index contributed by atoms with van der Waals surface area (Å²) in [5.41, 5.74) is 5.12. The van der Waals surface area contributed by atoms with Crippen molar-refractivity contribution in [3.63, 3.8) is 0 Å². The molecule has 1 heterocycles. The van der Waals surface area contributed by atoms with Crippen molar-refractivity contribution < 1.29 is 18.7 Å². The van der Waals surface area contributed by atoms with Gasteiger partial charge in [0.2, 0.25) is 0 Å². The van der Waals surface area contributed by atoms with Crippen molar-refractivity contribution in [2.24, 2.45) is 0 Å². The Morgan fingerprint density at radius 1 is 0.875 bits per heavy atom. The average molecular weight is 554 g/mol. The minimum Gasteiger partial charge on any atom is -0.477 e. The zero-order valence-corrected chi connectivity index (χ0v) is 23.0. The number of carboxylic acids is 1. The first-order chi connectivity index (χ1) is 19.4. The maximum Gasteiger partial charge on any atom is 0.346 e. The summed E-state index contributed by atoms with van der Waals surface area (Å²) < 4.78 is 27.2. The Hall–Kier alpha value is -4.34. The van der Waals surface area contributed by atoms with Gasteiger partial charge in [-0.2, -0.15) is 5.26 Å². The van der Waals surface area contributed by atoms with Crippen molar-refractivity contribution in [2.75, 3.05) is 0 Å². The number of halogens is 2. The molecular formula is C34H29F2NO2S. The fourth-order valence-corrected chi connectivity index (χ4v) is 5.58. The Balaban J connectivity index is 1.67. The molecule has 4 rings (SSSR count). The first kappa shape index (κ1) is 28.7. The number of carboxylic acid groups (broad SMARTS) is 1. The fraction of sp³-hybridized carbons (Fsp3) is 0.176. The van der Waals surface area contributed by atoms with Crippen molar-refractivity contribution in [3.8, 4) is 16.5 Å². The van der Waals surface area contributed by atoms with E-state index in [2.05, 4.69) is 13.0 Å². The Morgan fingerprint density at radius 3 is 2.00 bits per heavy atom. The zero-order valence-electron chi connectivity index (χ0n) is 22.2. The Morgan fingerprint density at radius 2 is 1.48 bits per heavy atom. The quantitative estimate of drug-likeness (QED) is 0.0871. The number of aryl methyl sites for hydroxylation is 1. The van der Waals surface area contributed by atoms with E-state index in [0.29, 0.717) is 0 Å². The van der Waals surface area contributed by atoms with Gasteiger partial charge in [0.15, 0.2) is 0 Å². The molecule has 40 heavy (non-hydrogen) atoms. The number of nitriles is 1. The molecule has 0 aliphatic rings. The fourth-order valence-electron chi connectivity index (χ4n) is 4.42. The Kier molecular flexibility index (Phi) is 9.77. The third-order valence-electron chi connectivity index (χ3n) is 6.58. The molecule has 202 valence electrons. The molecule has 0 amide bonds. The van der Waals surface area contributed by atoms with E-state index in [-0.39, 0.29) is 17.2 Å². The molecule has 0 aliphatic carbocycles. The SMILES string of the molecule is CCCCCCc1cc(-c2ccc(C=C(c3ccc(F)cc3)c3ccc(F)cc3)cc2)sc1/C=C(/C#N)C(=O)O. The minimum absolute atomic E-state index is 0.280. The average Bonchev–Trinajstić information content (AvgIpc) is 3.36. The van der Waals surface area contributed by atoms with E-state index in [0.717, 1.165) is 75.2 Å². The van der Waals surface area contributed by atoms with Crippen LogP contribution in [0.1, 0.15) is 59.7 Å². The van der Waals surface area contributed by atoms with Gasteiger partial charge in [0, 0.05) is 9.75 Å². The van der Waals surface area contributed by atoms with Crippen LogP contribution in [0.4, 0.5) is 8.78 Å². The van der Waals surface area contributed by atoms with Crippen molar-refractivity contribution in [3.05, 3.63) is 123 Å². The molecule has 3 nitrogen and oxygen atoms in total. The van der Waals surface area contributed by atoms with Crippen LogP contribution in [-0.2, 0) is 11.2 Å². The van der Waals surface area contributed by atoms with E-state index in [1.54, 1.807) is 30.3 Å². The van der Waals surface area contributed by atoms with Crippen LogP contribution in [0.25, 0.3) is 28.2 Å². The van der Waals surface area contributed by atoms with Crippen LogP contribution in [-0.4, -0.2) is 11.1 Å². The van der Waals surface area contributed by atoms with Crippen LogP contribution in [0.2, 0.25) is 0 Å². The Labute approximate surface area is 237 Å². The van der Waals surface area contributed by atoms with Gasteiger partial charge in [0.25, 0.3) is 0 Å². The molecule has 1 N–H and O–H groups in total. The summed E-state index contributed by atoms with van der Waals surface area (Å²) in [5, 5.41) is 18.6. The summed E-state index contributed by atoms with van der Waals surface area (Å²) in [7, 11) is 0. The molecule has 0 atom stereocenters. The lowest BCUT2D eigenvalue weighted by molar-refractivity contribution is -0.132. The second kappa shape index (κ2) is 13.6. The topological polar surface area (TPSA) is 61.1 Å². The zero-order chi connectivity index (χ0) is 28.5. The number of hydrogen-bond acceptors (Lipinski definition) is 3. The van der Waals surface area contributed by atoms with Crippen molar-refractivity contribution >= 4 is 35.0 Å². The molecule has 0 aliphatic heterocycles. The number of nitrogens with zero attached hydrogens (tertiary/aromatic N) is 1. The van der Waals surface area contributed by atoms with Crippen molar-refractivity contribution in [2.45, 2.75) is 39.0 Å². The molecule has 6 heteroatoms. The lowest BCUT2D eigenvalue weighted by Gasteiger charge is -2.10. The second-order valence-corrected chi connectivity index (χ2v) is 10.6. The summed E-state index contributed by atoms with van der Waals surface area (Å²) in [6.07, 6.45) is 8.65. The summed E-state index contributed by atoms with van der Waals surface area (Å²) in [5.74, 6) is -1.89. The maximum absolute atomic E-state index is 13.6. The maximum atomic E-state index is 13.6. The molecular weight excluding hydrogens is 524 g/mol. The smallest absolute Gasteiger partial charge is 0.346 e. The van der Waals surface area contributed by atoms with Crippen LogP contribution < -0.4 is 0 Å². The summed E-state index contributed by atoms with van der Waals surface area (Å²) in [4.78, 5) is 13.2. The van der Waals surface area contributed by atoms with Gasteiger partial charge in [0.1, 0.15) is 23.3 Å². The largest absolute Gasteiger partial charge is 0.477 e. The molecule has 0 radical (unpaired) electrons. The van der Waals surface area contributed by atoms with E-state index < -0.39 is 5.97 Å². The number of aliphatic carboxylic acids is 1. The number of unbranched alkanes of at least 4 members (excludes halogenated alkanes) is 3. The van der Waals surface area contributed by atoms with Gasteiger partial charge in [-0.1, -0.05) is 74.7 Å². The molecule has 0 spiro atoms. The lowest BCUT2D eigenvalue weighted by atomic mass is 9.95. The third-order valence-corrected chi connectivity index (χ3v) is 7.76. The molecule has 0 bridgehead atoms. The minimum atomic E-state index is -1.23. The second-order valence-electron chi connectivity index (χ2n) is 9.48. The first-order valence-corrected chi connectivity index (χ1v) is 14.0. The summed E-state index contributed by atoms with van der Waals surface area (Å²) in [6.45, 7) is 2.16. The van der Waals surface area contributed by atoms with Crippen LogP contribution in [0.3, 0.4) is 0 Å². The summed E-state index contributed by atoms with van der Waals surface area (Å²) >= 11 is 1.48. The highest BCUT2D eigenvalue weighted by molar-refractivity contribution is 7.16. The lowest BCUT2D eigenvalue weighted by Crippen LogP contribution is -1.97. The standard InChI is InChI=1S/C34H29F2NO2S/c1-2-3-4-5-6-27-20-32(40-33(27)21-28(22-37)34(38)39)26-9-7-23(8-10-26)19-31(24-11-15-29(35)16-12-24)25-13-17-30(36)18-14-25/h7-21H,2-6H2,1H3,(H,38,39)/b28-21-. The van der Waals surface area contributed by atoms with Gasteiger partial charge < -0.3 is 5.11 Å². The predicted octanol–water partition coefficient (Wildman–Crippen LogP) is 9.40. The number of carbonyl (C=O) groups is 1. The molecule has 1 aromatic heterocycles. The molecule has 4 aromatic rings. The molecule has 0 fully saturated rings. The van der Waals surface area contributed by atoms with Gasteiger partial charge in [0.05, 0.1) is 0 Å².